The van der Waals surface area contributed by atoms with Crippen molar-refractivity contribution >= 4 is 47.3 Å². The normalized spacial score (nSPS) is 35.7. The minimum Gasteiger partial charge on any atom is -0.512 e. The van der Waals surface area contributed by atoms with Crippen LogP contribution in [0.4, 0.5) is 0 Å². The number of hydrogen-bond donors (Lipinski definition) is 2. The average Bonchev–Trinajstić information content (AvgIpc) is 2.89. The van der Waals surface area contributed by atoms with Gasteiger partial charge in [-0.15, -0.1) is 23.2 Å². The molecule has 2 N–H and O–H groups in total. The van der Waals surface area contributed by atoms with Crippen LogP contribution < -0.4 is 4.72 Å². The first kappa shape index (κ1) is 25.3. The molecule has 0 amide bonds. The molecule has 31 heavy (non-hydrogen) atoms. The minimum atomic E-state index is -3.79. The molecule has 0 unspecified atom stereocenters. The van der Waals surface area contributed by atoms with Gasteiger partial charge in [0.1, 0.15) is 10.6 Å². The minimum absolute atomic E-state index is 0.0214. The molecule has 8 nitrogen and oxygen atoms in total. The number of fused-ring (bicyclic) bond motifs is 3. The van der Waals surface area contributed by atoms with E-state index in [0.717, 1.165) is 0 Å². The van der Waals surface area contributed by atoms with Gasteiger partial charge in [0.2, 0.25) is 10.0 Å². The van der Waals surface area contributed by atoms with Crippen LogP contribution in [-0.2, 0) is 29.0 Å². The molecule has 0 saturated carbocycles. The number of esters is 1. The Balaban J connectivity index is 2.05. The zero-order valence-electron chi connectivity index (χ0n) is 18.6. The third-order valence-electron chi connectivity index (χ3n) is 5.98. The van der Waals surface area contributed by atoms with Crippen molar-refractivity contribution in [2.75, 3.05) is 5.75 Å². The molecule has 178 valence electrons. The van der Waals surface area contributed by atoms with Gasteiger partial charge in [0.05, 0.1) is 29.6 Å². The quantitative estimate of drug-likeness (QED) is 0.317. The first-order chi connectivity index (χ1) is 14.0. The maximum atomic E-state index is 13.0. The lowest BCUT2D eigenvalue weighted by molar-refractivity contribution is -0.173. The number of carbonyl (C=O) groups is 1. The topological polar surface area (TPSA) is 111 Å². The lowest BCUT2D eigenvalue weighted by Gasteiger charge is -2.49. The number of aliphatic hydroxyl groups excluding tert-OH is 1. The van der Waals surface area contributed by atoms with Crippen LogP contribution in [0.15, 0.2) is 11.3 Å². The summed E-state index contributed by atoms with van der Waals surface area (Å²) in [5, 5.41) is 10.6. The molecule has 0 aromatic rings. The Hall–Kier alpha value is -0.363. The summed E-state index contributed by atoms with van der Waals surface area (Å²) < 4.78 is 46.3. The van der Waals surface area contributed by atoms with E-state index in [-0.39, 0.29) is 23.5 Å². The van der Waals surface area contributed by atoms with Crippen molar-refractivity contribution in [3.8, 4) is 0 Å². The van der Waals surface area contributed by atoms with Crippen LogP contribution in [0, 0.1) is 5.92 Å². The molecule has 2 heterocycles. The predicted molar refractivity (Wildman–Crippen MR) is 120 cm³/mol. The van der Waals surface area contributed by atoms with E-state index in [1.54, 1.807) is 13.8 Å². The summed E-state index contributed by atoms with van der Waals surface area (Å²) in [6.07, 6.45) is -1.19. The zero-order chi connectivity index (χ0) is 23.6. The third kappa shape index (κ3) is 5.10. The maximum Gasteiger partial charge on any atom is 0.338 e. The van der Waals surface area contributed by atoms with Gasteiger partial charge in [-0.2, -0.15) is 0 Å². The van der Waals surface area contributed by atoms with Crippen molar-refractivity contribution in [2.24, 2.45) is 5.92 Å². The van der Waals surface area contributed by atoms with E-state index in [0.29, 0.717) is 6.04 Å². The molecule has 12 heteroatoms. The molecule has 5 atom stereocenters. The van der Waals surface area contributed by atoms with Crippen LogP contribution in [0.2, 0.25) is 25.7 Å². The van der Waals surface area contributed by atoms with Gasteiger partial charge >= 0.3 is 5.97 Å². The highest BCUT2D eigenvalue weighted by Gasteiger charge is 2.63. The molecule has 2 fully saturated rings. The first-order valence-corrected chi connectivity index (χ1v) is 16.5. The number of aliphatic hydroxyl groups is 1. The van der Waals surface area contributed by atoms with Gasteiger partial charge in [-0.05, 0) is 26.8 Å². The number of sulfonamides is 1. The third-order valence-corrected chi connectivity index (χ3v) is 10.3. The molecule has 2 saturated heterocycles. The molecule has 0 aromatic heterocycles. The van der Waals surface area contributed by atoms with E-state index in [4.69, 9.17) is 37.4 Å². The second-order valence-corrected chi connectivity index (χ2v) is 18.9. The number of alkyl halides is 2. The summed E-state index contributed by atoms with van der Waals surface area (Å²) in [5.74, 6) is -2.92. The number of rotatable bonds is 6. The number of carbonyl (C=O) groups excluding carboxylic acids is 1. The first-order valence-electron chi connectivity index (χ1n) is 10.2. The molecule has 0 bridgehead atoms. The summed E-state index contributed by atoms with van der Waals surface area (Å²) in [6, 6.07) is -0.507. The van der Waals surface area contributed by atoms with Gasteiger partial charge < -0.3 is 19.3 Å². The van der Waals surface area contributed by atoms with Crippen LogP contribution in [0.5, 0.6) is 0 Å². The van der Waals surface area contributed by atoms with Crippen molar-refractivity contribution in [1.29, 1.82) is 0 Å². The Morgan fingerprint density at radius 1 is 1.23 bits per heavy atom. The van der Waals surface area contributed by atoms with Gasteiger partial charge in [0, 0.05) is 20.4 Å². The van der Waals surface area contributed by atoms with Crippen LogP contribution in [-0.4, -0.2) is 67.8 Å². The number of halogens is 2. The van der Waals surface area contributed by atoms with Gasteiger partial charge in [0.15, 0.2) is 11.4 Å². The lowest BCUT2D eigenvalue weighted by atomic mass is 9.71. The highest BCUT2D eigenvalue weighted by atomic mass is 35.5. The number of hydrogen-bond acceptors (Lipinski definition) is 7. The van der Waals surface area contributed by atoms with E-state index in [1.165, 1.54) is 6.92 Å². The molecule has 3 rings (SSSR count). The Kier molecular flexibility index (Phi) is 6.64. The van der Waals surface area contributed by atoms with Gasteiger partial charge in [-0.3, -0.25) is 0 Å². The van der Waals surface area contributed by atoms with E-state index in [2.05, 4.69) is 24.4 Å². The summed E-state index contributed by atoms with van der Waals surface area (Å²) >= 11 is 12.4. The SMILES string of the molecule is CC1(C)O[C@@H]2[C@@H]3C(=C(O)C[C@H]2O1)C(=O)O[C@](C)(C(Cl)Cl)[C@@H]3NS(=O)(=O)CC[Si](C)(C)C. The van der Waals surface area contributed by atoms with E-state index >= 15 is 0 Å². The van der Waals surface area contributed by atoms with Crippen LogP contribution >= 0.6 is 23.2 Å². The second-order valence-electron chi connectivity index (χ2n) is 10.3. The fourth-order valence-electron chi connectivity index (χ4n) is 4.33. The summed E-state index contributed by atoms with van der Waals surface area (Å²) in [7, 11) is -5.42. The molecule has 0 radical (unpaired) electrons. The van der Waals surface area contributed by atoms with Gasteiger partial charge in [0.25, 0.3) is 0 Å². The van der Waals surface area contributed by atoms with Crippen LogP contribution in [0.1, 0.15) is 27.2 Å². The number of ether oxygens (including phenoxy) is 3. The molecule has 0 spiro atoms. The second kappa shape index (κ2) is 8.14. The largest absolute Gasteiger partial charge is 0.512 e. The molecule has 2 aliphatic heterocycles. The maximum absolute atomic E-state index is 13.0. The standard InChI is InChI=1S/C19H31Cl2NO7SSi/c1-18(2)27-11-9-10(23)12-13(14(11)28-18)15(19(3,17(20)21)29-16(12)24)22-30(25,26)7-8-31(4,5)6/h11,13-15,17,22-23H,7-9H2,1-6H3/t11-,13+,14+,15-,19+/m1/s1. The van der Waals surface area contributed by atoms with Gasteiger partial charge in [-0.25, -0.2) is 17.9 Å². The molecular weight excluding hydrogens is 485 g/mol. The van der Waals surface area contributed by atoms with Crippen molar-refractivity contribution < 1.29 is 32.5 Å². The monoisotopic (exact) mass is 515 g/mol. The number of nitrogens with one attached hydrogen (secondary N) is 1. The zero-order valence-corrected chi connectivity index (χ0v) is 21.9. The smallest absolute Gasteiger partial charge is 0.338 e. The molecule has 3 aliphatic rings. The lowest BCUT2D eigenvalue weighted by Crippen LogP contribution is -2.67. The fourth-order valence-corrected chi connectivity index (χ4v) is 9.10. The van der Waals surface area contributed by atoms with Crippen molar-refractivity contribution in [3.63, 3.8) is 0 Å². The molecular formula is C19H31Cl2NO7SSi. The van der Waals surface area contributed by atoms with E-state index in [9.17, 15) is 18.3 Å². The Morgan fingerprint density at radius 2 is 1.84 bits per heavy atom. The summed E-state index contributed by atoms with van der Waals surface area (Å²) in [4.78, 5) is 11.6. The summed E-state index contributed by atoms with van der Waals surface area (Å²) in [6.45, 7) is 11.2. The highest BCUT2D eigenvalue weighted by molar-refractivity contribution is 7.89. The van der Waals surface area contributed by atoms with Crippen molar-refractivity contribution in [1.82, 2.24) is 4.72 Å². The molecule has 1 aliphatic carbocycles. The Bertz CT molecular complexity index is 886. The molecule has 0 aromatic carbocycles. The Morgan fingerprint density at radius 3 is 2.39 bits per heavy atom. The van der Waals surface area contributed by atoms with E-state index in [1.807, 2.05) is 0 Å². The highest BCUT2D eigenvalue weighted by Crippen LogP contribution is 2.50. The van der Waals surface area contributed by atoms with Crippen molar-refractivity contribution in [2.45, 2.75) is 87.4 Å². The fraction of sp³-hybridized carbons (Fsp3) is 0.842. The predicted octanol–water partition coefficient (Wildman–Crippen LogP) is 3.08. The summed E-state index contributed by atoms with van der Waals surface area (Å²) in [5.41, 5.74) is -1.61. The van der Waals surface area contributed by atoms with E-state index < -0.39 is 64.5 Å². The van der Waals surface area contributed by atoms with Gasteiger partial charge in [-0.1, -0.05) is 19.6 Å². The Labute approximate surface area is 194 Å². The van der Waals surface area contributed by atoms with Crippen LogP contribution in [0.3, 0.4) is 0 Å². The number of cyclic esters (lactones) is 1. The van der Waals surface area contributed by atoms with Crippen molar-refractivity contribution in [3.05, 3.63) is 11.3 Å². The average molecular weight is 517 g/mol. The van der Waals surface area contributed by atoms with Crippen LogP contribution in [0.25, 0.3) is 0 Å².